The minimum absolute atomic E-state index is 0.0456. The first-order valence-corrected chi connectivity index (χ1v) is 11.3. The van der Waals surface area contributed by atoms with E-state index in [-0.39, 0.29) is 41.0 Å². The number of aromatic hydroxyl groups is 1. The minimum atomic E-state index is -1.11. The van der Waals surface area contributed by atoms with Crippen LogP contribution in [-0.4, -0.2) is 33.6 Å². The third-order valence-corrected chi connectivity index (χ3v) is 7.86. The number of furan rings is 1. The molecule has 3 unspecified atom stereocenters. The van der Waals surface area contributed by atoms with E-state index in [9.17, 15) is 29.4 Å². The van der Waals surface area contributed by atoms with E-state index in [0.717, 1.165) is 0 Å². The van der Waals surface area contributed by atoms with Crippen LogP contribution in [0.4, 0.5) is 5.69 Å². The summed E-state index contributed by atoms with van der Waals surface area (Å²) >= 11 is 0. The molecule has 3 aliphatic carbocycles. The summed E-state index contributed by atoms with van der Waals surface area (Å²) in [4.78, 5) is 50.6. The van der Waals surface area contributed by atoms with Crippen molar-refractivity contribution < 1.29 is 33.8 Å². The predicted octanol–water partition coefficient (Wildman–Crippen LogP) is 3.21. The molecule has 1 heterocycles. The van der Waals surface area contributed by atoms with Crippen molar-refractivity contribution in [1.82, 2.24) is 0 Å². The molecule has 0 spiro atoms. The molecular formula is C26H24N2O7. The topological polar surface area (TPSA) is 160 Å². The molecule has 0 aliphatic heterocycles. The van der Waals surface area contributed by atoms with Gasteiger partial charge in [0.25, 0.3) is 11.8 Å². The Morgan fingerprint density at radius 1 is 1.17 bits per heavy atom. The molecule has 5 rings (SSSR count). The van der Waals surface area contributed by atoms with Crippen LogP contribution >= 0.6 is 0 Å². The fourth-order valence-corrected chi connectivity index (χ4v) is 5.91. The van der Waals surface area contributed by atoms with Crippen molar-refractivity contribution in [2.45, 2.75) is 33.1 Å². The zero-order chi connectivity index (χ0) is 25.2. The first-order valence-electron chi connectivity index (χ1n) is 11.3. The fourth-order valence-electron chi connectivity index (χ4n) is 5.91. The molecule has 1 aromatic heterocycles. The summed E-state index contributed by atoms with van der Waals surface area (Å²) in [6.45, 7) is 3.42. The number of primary amides is 1. The number of rotatable bonds is 3. The smallest absolute Gasteiger partial charge is 0.291 e. The van der Waals surface area contributed by atoms with E-state index in [0.29, 0.717) is 29.6 Å². The second kappa shape index (κ2) is 7.69. The van der Waals surface area contributed by atoms with Gasteiger partial charge < -0.3 is 25.7 Å². The van der Waals surface area contributed by atoms with Gasteiger partial charge in [-0.1, -0.05) is 11.6 Å². The Hall–Kier alpha value is -4.14. The fraction of sp³-hybridized carbons (Fsp3) is 0.308. The highest BCUT2D eigenvalue weighted by Gasteiger charge is 2.54. The number of amides is 2. The van der Waals surface area contributed by atoms with Gasteiger partial charge in [0.15, 0.2) is 23.1 Å². The number of aliphatic hydroxyl groups excluding tert-OH is 1. The van der Waals surface area contributed by atoms with E-state index < -0.39 is 40.1 Å². The minimum Gasteiger partial charge on any atom is -0.510 e. The van der Waals surface area contributed by atoms with E-state index in [1.165, 1.54) is 18.4 Å². The lowest BCUT2D eigenvalue weighted by Crippen LogP contribution is -2.47. The van der Waals surface area contributed by atoms with Gasteiger partial charge in [-0.2, -0.15) is 0 Å². The molecule has 0 saturated carbocycles. The van der Waals surface area contributed by atoms with Crippen LogP contribution in [-0.2, 0) is 16.0 Å². The van der Waals surface area contributed by atoms with Gasteiger partial charge in [0.05, 0.1) is 22.9 Å². The molecule has 0 fully saturated rings. The number of nitrogens with two attached hydrogens (primary N) is 1. The van der Waals surface area contributed by atoms with E-state index in [1.54, 1.807) is 26.0 Å². The number of phenolic OH excluding ortho intramolecular Hbond substituents is 1. The van der Waals surface area contributed by atoms with Crippen molar-refractivity contribution in [3.63, 3.8) is 0 Å². The number of carbonyl (C=O) groups excluding carboxylic acids is 4. The van der Waals surface area contributed by atoms with Crippen molar-refractivity contribution in [3.05, 3.63) is 69.9 Å². The Balaban J connectivity index is 1.60. The monoisotopic (exact) mass is 476 g/mol. The average molecular weight is 476 g/mol. The highest BCUT2D eigenvalue weighted by molar-refractivity contribution is 6.20. The van der Waals surface area contributed by atoms with Gasteiger partial charge in [-0.05, 0) is 62.3 Å². The van der Waals surface area contributed by atoms with Crippen LogP contribution in [0.1, 0.15) is 53.2 Å². The Kier molecular flexibility index (Phi) is 4.98. The number of aliphatic hydroxyl groups is 1. The van der Waals surface area contributed by atoms with E-state index in [4.69, 9.17) is 10.2 Å². The van der Waals surface area contributed by atoms with Crippen LogP contribution in [0.25, 0.3) is 0 Å². The summed E-state index contributed by atoms with van der Waals surface area (Å²) < 4.78 is 5.08. The van der Waals surface area contributed by atoms with Crippen LogP contribution in [0, 0.1) is 17.3 Å². The van der Waals surface area contributed by atoms with E-state index in [2.05, 4.69) is 5.32 Å². The number of nitrogens with one attached hydrogen (secondary N) is 1. The number of hydrogen-bond donors (Lipinski definition) is 4. The molecule has 1 aromatic carbocycles. The first kappa shape index (κ1) is 22.6. The lowest BCUT2D eigenvalue weighted by atomic mass is 9.54. The molecule has 0 bridgehead atoms. The Bertz CT molecular complexity index is 1380. The predicted molar refractivity (Wildman–Crippen MR) is 124 cm³/mol. The number of carbonyl (C=O) groups is 4. The van der Waals surface area contributed by atoms with Crippen LogP contribution in [0.2, 0.25) is 0 Å². The number of anilines is 1. The number of hydrogen-bond acceptors (Lipinski definition) is 7. The third-order valence-electron chi connectivity index (χ3n) is 7.86. The molecule has 3 aliphatic rings. The molecule has 180 valence electrons. The van der Waals surface area contributed by atoms with Gasteiger partial charge in [-0.3, -0.25) is 19.2 Å². The maximum Gasteiger partial charge on any atom is 0.291 e. The molecular weight excluding hydrogens is 452 g/mol. The van der Waals surface area contributed by atoms with Gasteiger partial charge in [0, 0.05) is 12.0 Å². The number of ketones is 2. The summed E-state index contributed by atoms with van der Waals surface area (Å²) in [5, 5.41) is 24.5. The molecule has 35 heavy (non-hydrogen) atoms. The molecule has 3 atom stereocenters. The van der Waals surface area contributed by atoms with Crippen molar-refractivity contribution in [3.8, 4) is 5.75 Å². The number of benzene rings is 1. The summed E-state index contributed by atoms with van der Waals surface area (Å²) in [6, 6.07) is 6.26. The van der Waals surface area contributed by atoms with Crippen LogP contribution in [0.5, 0.6) is 5.75 Å². The SMILES string of the molecule is CC1=C2C(=O)c3c(ccc(NC(=O)c4ccco4)c3O)CC2CC2CC(=O)C(C(N)=O)=C(O)C12C. The maximum absolute atomic E-state index is 13.7. The van der Waals surface area contributed by atoms with Gasteiger partial charge in [-0.15, -0.1) is 0 Å². The first-order chi connectivity index (χ1) is 16.6. The van der Waals surface area contributed by atoms with Crippen LogP contribution in [0.15, 0.2) is 57.4 Å². The molecule has 9 nitrogen and oxygen atoms in total. The van der Waals surface area contributed by atoms with Gasteiger partial charge >= 0.3 is 0 Å². The highest BCUT2D eigenvalue weighted by atomic mass is 16.3. The van der Waals surface area contributed by atoms with Gasteiger partial charge in [0.2, 0.25) is 0 Å². The summed E-state index contributed by atoms with van der Waals surface area (Å²) in [7, 11) is 0. The standard InChI is InChI=1S/C26H24N2O7/c1-11-18-13(9-14-10-16(29)20(24(27)33)23(32)26(11,14)2)8-12-5-6-15(21(30)19(12)22(18)31)28-25(34)17-4-3-7-35-17/h3-7,13-14,30,32H,8-10H2,1-2H3,(H2,27,33)(H,28,34). The van der Waals surface area contributed by atoms with E-state index >= 15 is 0 Å². The second-order valence-corrected chi connectivity index (χ2v) is 9.55. The maximum atomic E-state index is 13.7. The lowest BCUT2D eigenvalue weighted by Gasteiger charge is -2.49. The number of Topliss-reactive ketones (excluding diaryl/α,β-unsaturated/α-hetero) is 2. The zero-order valence-corrected chi connectivity index (χ0v) is 19.2. The third kappa shape index (κ3) is 3.14. The zero-order valence-electron chi connectivity index (χ0n) is 19.2. The summed E-state index contributed by atoms with van der Waals surface area (Å²) in [5.41, 5.74) is 5.60. The molecule has 0 radical (unpaired) electrons. The molecule has 0 saturated heterocycles. The van der Waals surface area contributed by atoms with Crippen molar-refractivity contribution >= 4 is 29.1 Å². The van der Waals surface area contributed by atoms with Gasteiger partial charge in [0.1, 0.15) is 11.3 Å². The molecule has 5 N–H and O–H groups in total. The normalized spacial score (nSPS) is 25.7. The van der Waals surface area contributed by atoms with Crippen molar-refractivity contribution in [1.29, 1.82) is 0 Å². The Morgan fingerprint density at radius 3 is 2.57 bits per heavy atom. The quantitative estimate of drug-likeness (QED) is 0.391. The Morgan fingerprint density at radius 2 is 1.91 bits per heavy atom. The van der Waals surface area contributed by atoms with E-state index in [1.807, 2.05) is 0 Å². The van der Waals surface area contributed by atoms with Crippen LogP contribution in [0.3, 0.4) is 0 Å². The number of fused-ring (bicyclic) bond motifs is 3. The summed E-state index contributed by atoms with van der Waals surface area (Å²) in [6.07, 6.45) is 2.30. The highest BCUT2D eigenvalue weighted by Crippen LogP contribution is 2.57. The lowest BCUT2D eigenvalue weighted by molar-refractivity contribution is -0.124. The van der Waals surface area contributed by atoms with Crippen molar-refractivity contribution in [2.24, 2.45) is 23.0 Å². The largest absolute Gasteiger partial charge is 0.510 e. The second-order valence-electron chi connectivity index (χ2n) is 9.55. The number of phenols is 1. The summed E-state index contributed by atoms with van der Waals surface area (Å²) in [5.74, 6) is -3.70. The number of allylic oxidation sites excluding steroid dienone is 2. The average Bonchev–Trinajstić information content (AvgIpc) is 3.33. The Labute approximate surface area is 200 Å². The van der Waals surface area contributed by atoms with Gasteiger partial charge in [-0.25, -0.2) is 0 Å². The molecule has 2 amide bonds. The van der Waals surface area contributed by atoms with Crippen molar-refractivity contribution in [2.75, 3.05) is 5.32 Å². The molecule has 2 aromatic rings. The van der Waals surface area contributed by atoms with Crippen LogP contribution < -0.4 is 11.1 Å². The molecule has 9 heteroatoms.